The number of hydrogen-bond acceptors (Lipinski definition) is 6. The predicted molar refractivity (Wildman–Crippen MR) is 71.9 cm³/mol. The van der Waals surface area contributed by atoms with Gasteiger partial charge in [0.2, 0.25) is 16.0 Å². The van der Waals surface area contributed by atoms with Crippen LogP contribution < -0.4 is 5.73 Å². The molecule has 0 amide bonds. The van der Waals surface area contributed by atoms with Crippen LogP contribution in [0.25, 0.3) is 0 Å². The van der Waals surface area contributed by atoms with Crippen LogP contribution in [0.2, 0.25) is 0 Å². The molecule has 0 bridgehead atoms. The van der Waals surface area contributed by atoms with Crippen molar-refractivity contribution in [2.75, 3.05) is 25.9 Å². The third-order valence-electron chi connectivity index (χ3n) is 3.61. The fraction of sp³-hybridized carbons (Fsp3) is 0.636. The average molecular weight is 285 g/mol. The van der Waals surface area contributed by atoms with E-state index in [4.69, 9.17) is 5.73 Å². The maximum atomic E-state index is 12.5. The Hall–Kier alpha value is -1.25. The Morgan fingerprint density at radius 2 is 1.68 bits per heavy atom. The first-order chi connectivity index (χ1) is 8.82. The minimum atomic E-state index is -3.54. The minimum absolute atomic E-state index is 0.0686. The van der Waals surface area contributed by atoms with Crippen LogP contribution in [0.1, 0.15) is 13.8 Å². The third-order valence-corrected chi connectivity index (χ3v) is 5.40. The van der Waals surface area contributed by atoms with Gasteiger partial charge < -0.3 is 5.73 Å². The second-order valence-electron chi connectivity index (χ2n) is 4.96. The molecule has 1 saturated heterocycles. The first-order valence-electron chi connectivity index (χ1n) is 6.12. The number of anilines is 1. The highest BCUT2D eigenvalue weighted by molar-refractivity contribution is 7.89. The van der Waals surface area contributed by atoms with Gasteiger partial charge in [-0.25, -0.2) is 18.4 Å². The van der Waals surface area contributed by atoms with Gasteiger partial charge >= 0.3 is 0 Å². The Bertz CT molecular complexity index is 533. The van der Waals surface area contributed by atoms with Gasteiger partial charge in [-0.05, 0) is 20.9 Å². The van der Waals surface area contributed by atoms with Crippen molar-refractivity contribution in [2.24, 2.45) is 0 Å². The number of aromatic nitrogens is 2. The molecule has 0 aliphatic carbocycles. The van der Waals surface area contributed by atoms with Gasteiger partial charge in [0.25, 0.3) is 0 Å². The van der Waals surface area contributed by atoms with E-state index in [-0.39, 0.29) is 22.9 Å². The van der Waals surface area contributed by atoms with Gasteiger partial charge in [0.15, 0.2) is 0 Å². The molecule has 1 aromatic heterocycles. The zero-order valence-electron chi connectivity index (χ0n) is 11.3. The van der Waals surface area contributed by atoms with Gasteiger partial charge in [-0.2, -0.15) is 4.31 Å². The number of nitrogens with zero attached hydrogens (tertiary/aromatic N) is 4. The molecular weight excluding hydrogens is 266 g/mol. The topological polar surface area (TPSA) is 92.4 Å². The molecule has 0 saturated carbocycles. The molecule has 2 heterocycles. The fourth-order valence-corrected chi connectivity index (χ4v) is 3.65. The lowest BCUT2D eigenvalue weighted by atomic mass is 10.1. The molecule has 1 aromatic rings. The van der Waals surface area contributed by atoms with Crippen LogP contribution in [0.4, 0.5) is 5.95 Å². The Labute approximate surface area is 113 Å². The summed E-state index contributed by atoms with van der Waals surface area (Å²) < 4.78 is 26.4. The summed E-state index contributed by atoms with van der Waals surface area (Å²) in [4.78, 5) is 9.75. The van der Waals surface area contributed by atoms with Crippen LogP contribution in [0.3, 0.4) is 0 Å². The van der Waals surface area contributed by atoms with Gasteiger partial charge in [-0.15, -0.1) is 0 Å². The van der Waals surface area contributed by atoms with Crippen molar-refractivity contribution in [3.8, 4) is 0 Å². The smallest absolute Gasteiger partial charge is 0.246 e. The maximum Gasteiger partial charge on any atom is 0.246 e. The second kappa shape index (κ2) is 5.03. The molecule has 0 aromatic carbocycles. The number of piperazine rings is 1. The summed E-state index contributed by atoms with van der Waals surface area (Å²) in [6.07, 6.45) is 2.51. The molecule has 1 aliphatic rings. The van der Waals surface area contributed by atoms with Crippen LogP contribution in [0.5, 0.6) is 0 Å². The molecule has 7 nitrogen and oxygen atoms in total. The summed E-state index contributed by atoms with van der Waals surface area (Å²) in [5.74, 6) is 0.0686. The number of hydrogen-bond donors (Lipinski definition) is 1. The quantitative estimate of drug-likeness (QED) is 0.807. The monoisotopic (exact) mass is 285 g/mol. The van der Waals surface area contributed by atoms with E-state index in [1.165, 1.54) is 16.7 Å². The van der Waals surface area contributed by atoms with Gasteiger partial charge in [0, 0.05) is 25.2 Å². The van der Waals surface area contributed by atoms with E-state index in [0.29, 0.717) is 13.1 Å². The molecule has 106 valence electrons. The SMILES string of the molecule is CC1CN(S(=O)(=O)c2cnc(N)nc2)CC(C)N1C. The zero-order chi connectivity index (χ0) is 14.2. The highest BCUT2D eigenvalue weighted by Gasteiger charge is 2.34. The number of sulfonamides is 1. The van der Waals surface area contributed by atoms with E-state index in [2.05, 4.69) is 14.9 Å². The van der Waals surface area contributed by atoms with E-state index in [0.717, 1.165) is 0 Å². The molecular formula is C11H19N5O2S. The Kier molecular flexibility index (Phi) is 3.75. The van der Waals surface area contributed by atoms with Crippen LogP contribution in [0, 0.1) is 0 Å². The van der Waals surface area contributed by atoms with Crippen molar-refractivity contribution in [1.29, 1.82) is 0 Å². The fourth-order valence-electron chi connectivity index (χ4n) is 2.16. The molecule has 2 N–H and O–H groups in total. The van der Waals surface area contributed by atoms with Crippen molar-refractivity contribution < 1.29 is 8.42 Å². The molecule has 19 heavy (non-hydrogen) atoms. The number of nitrogen functional groups attached to an aromatic ring is 1. The Morgan fingerprint density at radius 3 is 2.16 bits per heavy atom. The normalized spacial score (nSPS) is 26.5. The molecule has 2 rings (SSSR count). The van der Waals surface area contributed by atoms with E-state index < -0.39 is 10.0 Å². The minimum Gasteiger partial charge on any atom is -0.368 e. The number of rotatable bonds is 2. The lowest BCUT2D eigenvalue weighted by Gasteiger charge is -2.41. The van der Waals surface area contributed by atoms with Crippen molar-refractivity contribution >= 4 is 16.0 Å². The van der Waals surface area contributed by atoms with Crippen molar-refractivity contribution in [2.45, 2.75) is 30.8 Å². The largest absolute Gasteiger partial charge is 0.368 e. The van der Waals surface area contributed by atoms with E-state index >= 15 is 0 Å². The highest BCUT2D eigenvalue weighted by atomic mass is 32.2. The van der Waals surface area contributed by atoms with Crippen molar-refractivity contribution in [3.05, 3.63) is 12.4 Å². The summed E-state index contributed by atoms with van der Waals surface area (Å²) in [7, 11) is -1.54. The van der Waals surface area contributed by atoms with Gasteiger partial charge in [0.05, 0.1) is 12.4 Å². The average Bonchev–Trinajstić information content (AvgIpc) is 2.35. The standard InChI is InChI=1S/C11H19N5O2S/c1-8-6-16(7-9(2)15(8)3)19(17,18)10-4-13-11(12)14-5-10/h4-5,8-9H,6-7H2,1-3H3,(H2,12,13,14). The molecule has 2 unspecified atom stereocenters. The number of likely N-dealkylation sites (N-methyl/N-ethyl adjacent to an activating group) is 1. The first-order valence-corrected chi connectivity index (χ1v) is 7.56. The number of nitrogens with two attached hydrogens (primary N) is 1. The molecule has 0 radical (unpaired) electrons. The Morgan fingerprint density at radius 1 is 1.21 bits per heavy atom. The molecule has 8 heteroatoms. The van der Waals surface area contributed by atoms with E-state index in [9.17, 15) is 8.42 Å². The highest BCUT2D eigenvalue weighted by Crippen LogP contribution is 2.21. The predicted octanol–water partition coefficient (Wildman–Crippen LogP) is -0.228. The maximum absolute atomic E-state index is 12.5. The van der Waals surface area contributed by atoms with Crippen LogP contribution >= 0.6 is 0 Å². The second-order valence-corrected chi connectivity index (χ2v) is 6.90. The summed E-state index contributed by atoms with van der Waals surface area (Å²) in [5.41, 5.74) is 5.37. The molecule has 1 aliphatic heterocycles. The van der Waals surface area contributed by atoms with Gasteiger partial charge in [0.1, 0.15) is 4.90 Å². The Balaban J connectivity index is 2.27. The molecule has 2 atom stereocenters. The first kappa shape index (κ1) is 14.2. The zero-order valence-corrected chi connectivity index (χ0v) is 12.1. The van der Waals surface area contributed by atoms with Crippen molar-refractivity contribution in [3.63, 3.8) is 0 Å². The summed E-state index contributed by atoms with van der Waals surface area (Å²) >= 11 is 0. The van der Waals surface area contributed by atoms with Crippen LogP contribution in [-0.2, 0) is 10.0 Å². The van der Waals surface area contributed by atoms with Crippen LogP contribution in [-0.4, -0.2) is 59.8 Å². The lowest BCUT2D eigenvalue weighted by Crippen LogP contribution is -2.56. The van der Waals surface area contributed by atoms with E-state index in [1.807, 2.05) is 20.9 Å². The lowest BCUT2D eigenvalue weighted by molar-refractivity contribution is 0.105. The summed E-state index contributed by atoms with van der Waals surface area (Å²) in [5, 5.41) is 0. The van der Waals surface area contributed by atoms with E-state index in [1.54, 1.807) is 0 Å². The van der Waals surface area contributed by atoms with Gasteiger partial charge in [-0.1, -0.05) is 0 Å². The molecule has 0 spiro atoms. The van der Waals surface area contributed by atoms with Crippen LogP contribution in [0.15, 0.2) is 17.3 Å². The van der Waals surface area contributed by atoms with Crippen molar-refractivity contribution in [1.82, 2.24) is 19.2 Å². The molecule has 1 fully saturated rings. The summed E-state index contributed by atoms with van der Waals surface area (Å²) in [6.45, 7) is 4.95. The van der Waals surface area contributed by atoms with Gasteiger partial charge in [-0.3, -0.25) is 4.90 Å². The third kappa shape index (κ3) is 2.70. The summed E-state index contributed by atoms with van der Waals surface area (Å²) in [6, 6.07) is 0.349.